The molecule has 7 atom stereocenters. The molecule has 0 bridgehead atoms. The monoisotopic (exact) mass is 421 g/mol. The van der Waals surface area contributed by atoms with Crippen LogP contribution in [0.1, 0.15) is 51.9 Å². The van der Waals surface area contributed by atoms with Crippen LogP contribution in [-0.4, -0.2) is 55.9 Å². The summed E-state index contributed by atoms with van der Waals surface area (Å²) in [5.74, 6) is -2.32. The predicted molar refractivity (Wildman–Crippen MR) is 105 cm³/mol. The quantitative estimate of drug-likeness (QED) is 0.314. The van der Waals surface area contributed by atoms with E-state index in [0.29, 0.717) is 24.8 Å². The molecule has 4 aliphatic carbocycles. The topological polar surface area (TPSA) is 127 Å². The first-order valence-corrected chi connectivity index (χ1v) is 10.5. The van der Waals surface area contributed by atoms with E-state index in [0.717, 1.165) is 0 Å². The average molecular weight is 421 g/mol. The standard InChI is InChI=1S/C22H28FNO6/c1-19-7-4-14(25)10-13(19)2-3-16-15-5-8-21(29,9-6-18(27)28)20(15,12-24-30)11-17(26)22(16,19)23/h4,7,10,12,15-17,26,29-30H,2-3,5-6,8-9,11H2,1H3,(H,27,28)/t15-,16-,17?,19-,20+,21-,22-/m0/s1. The molecule has 3 fully saturated rings. The average Bonchev–Trinajstić information content (AvgIpc) is 2.95. The van der Waals surface area contributed by atoms with Crippen molar-refractivity contribution < 1.29 is 34.5 Å². The van der Waals surface area contributed by atoms with Crippen LogP contribution in [0.5, 0.6) is 0 Å². The van der Waals surface area contributed by atoms with E-state index in [9.17, 15) is 25.0 Å². The first-order chi connectivity index (χ1) is 14.0. The van der Waals surface area contributed by atoms with Crippen LogP contribution in [-0.2, 0) is 9.59 Å². The van der Waals surface area contributed by atoms with Gasteiger partial charge in [-0.25, -0.2) is 4.39 Å². The van der Waals surface area contributed by atoms with E-state index in [4.69, 9.17) is 5.11 Å². The van der Waals surface area contributed by atoms with Crippen LogP contribution in [0.25, 0.3) is 0 Å². The van der Waals surface area contributed by atoms with Crippen LogP contribution in [0.15, 0.2) is 29.0 Å². The summed E-state index contributed by atoms with van der Waals surface area (Å²) in [6.45, 7) is 1.70. The first kappa shape index (κ1) is 21.2. The van der Waals surface area contributed by atoms with Crippen molar-refractivity contribution in [2.24, 2.45) is 27.8 Å². The normalized spacial score (nSPS) is 47.5. The molecule has 4 rings (SSSR count). The predicted octanol–water partition coefficient (Wildman–Crippen LogP) is 2.39. The second-order valence-electron chi connectivity index (χ2n) is 9.60. The molecular weight excluding hydrogens is 393 g/mol. The van der Waals surface area contributed by atoms with Crippen molar-refractivity contribution in [1.29, 1.82) is 0 Å². The lowest BCUT2D eigenvalue weighted by Crippen LogP contribution is -2.69. The van der Waals surface area contributed by atoms with E-state index in [-0.39, 0.29) is 31.5 Å². The van der Waals surface area contributed by atoms with Crippen molar-refractivity contribution >= 4 is 18.0 Å². The molecule has 1 unspecified atom stereocenters. The number of rotatable bonds is 4. The molecule has 3 saturated carbocycles. The SMILES string of the molecule is C[C@]12C=CC(=O)C=C1CC[C@H]1[C@@H]3CC[C@](O)(CCC(=O)O)[C@@]3(C=NO)CC(O)[C@@]12F. The van der Waals surface area contributed by atoms with E-state index in [1.807, 2.05) is 0 Å². The number of hydrogen-bond acceptors (Lipinski definition) is 6. The van der Waals surface area contributed by atoms with Gasteiger partial charge in [-0.05, 0) is 63.5 Å². The Morgan fingerprint density at radius 3 is 2.77 bits per heavy atom. The van der Waals surface area contributed by atoms with Gasteiger partial charge in [-0.2, -0.15) is 0 Å². The number of fused-ring (bicyclic) bond motifs is 5. The lowest BCUT2D eigenvalue weighted by Gasteiger charge is -2.62. The number of alkyl halides is 1. The van der Waals surface area contributed by atoms with E-state index in [1.165, 1.54) is 18.4 Å². The van der Waals surface area contributed by atoms with Crippen LogP contribution >= 0.6 is 0 Å². The summed E-state index contributed by atoms with van der Waals surface area (Å²) in [6, 6.07) is 0. The summed E-state index contributed by atoms with van der Waals surface area (Å²) < 4.78 is 16.9. The number of carboxylic acid groups (broad SMARTS) is 1. The van der Waals surface area contributed by atoms with Crippen molar-refractivity contribution in [3.05, 3.63) is 23.8 Å². The minimum absolute atomic E-state index is 0.0690. The van der Waals surface area contributed by atoms with Crippen LogP contribution in [0.3, 0.4) is 0 Å². The summed E-state index contributed by atoms with van der Waals surface area (Å²) in [6.07, 6.45) is 5.08. The minimum atomic E-state index is -2.05. The summed E-state index contributed by atoms with van der Waals surface area (Å²) in [5, 5.41) is 44.4. The van der Waals surface area contributed by atoms with Gasteiger partial charge in [0.2, 0.25) is 0 Å². The Morgan fingerprint density at radius 1 is 1.37 bits per heavy atom. The number of oxime groups is 1. The van der Waals surface area contributed by atoms with Crippen LogP contribution < -0.4 is 0 Å². The number of carbonyl (C=O) groups is 2. The zero-order valence-electron chi connectivity index (χ0n) is 16.9. The molecule has 0 aromatic heterocycles. The van der Waals surface area contributed by atoms with Gasteiger partial charge < -0.3 is 20.5 Å². The Kier molecular flexibility index (Phi) is 4.74. The number of halogens is 1. The molecule has 0 saturated heterocycles. The Bertz CT molecular complexity index is 870. The molecular formula is C22H28FNO6. The molecule has 0 aromatic rings. The highest BCUT2D eigenvalue weighted by Gasteiger charge is 2.73. The second-order valence-corrected chi connectivity index (χ2v) is 9.60. The maximum Gasteiger partial charge on any atom is 0.303 e. The Balaban J connectivity index is 1.80. The fourth-order valence-electron chi connectivity index (χ4n) is 7.07. The lowest BCUT2D eigenvalue weighted by atomic mass is 9.44. The highest BCUT2D eigenvalue weighted by atomic mass is 19.1. The fraction of sp³-hybridized carbons (Fsp3) is 0.682. The Hall–Kier alpha value is -2.06. The maximum atomic E-state index is 16.9. The van der Waals surface area contributed by atoms with E-state index in [1.54, 1.807) is 13.0 Å². The third-order valence-corrected chi connectivity index (χ3v) is 8.56. The molecule has 164 valence electrons. The molecule has 0 radical (unpaired) electrons. The van der Waals surface area contributed by atoms with E-state index >= 15 is 4.39 Å². The lowest BCUT2D eigenvalue weighted by molar-refractivity contribution is -0.203. The number of aliphatic hydroxyl groups excluding tert-OH is 1. The molecule has 0 heterocycles. The van der Waals surface area contributed by atoms with Gasteiger partial charge in [0.05, 0.1) is 17.9 Å². The molecule has 0 amide bonds. The van der Waals surface area contributed by atoms with Crippen molar-refractivity contribution in [2.45, 2.75) is 69.2 Å². The highest BCUT2D eigenvalue weighted by molar-refractivity contribution is 6.01. The van der Waals surface area contributed by atoms with Gasteiger partial charge in [-0.3, -0.25) is 9.59 Å². The van der Waals surface area contributed by atoms with Gasteiger partial charge in [0, 0.05) is 23.2 Å². The summed E-state index contributed by atoms with van der Waals surface area (Å²) in [4.78, 5) is 23.0. The number of carbonyl (C=O) groups excluding carboxylic acids is 1. The smallest absolute Gasteiger partial charge is 0.303 e. The van der Waals surface area contributed by atoms with Crippen molar-refractivity contribution in [1.82, 2.24) is 0 Å². The molecule has 7 nitrogen and oxygen atoms in total. The number of aliphatic carboxylic acids is 1. The molecule has 30 heavy (non-hydrogen) atoms. The first-order valence-electron chi connectivity index (χ1n) is 10.5. The van der Waals surface area contributed by atoms with Crippen LogP contribution in [0, 0.1) is 22.7 Å². The van der Waals surface area contributed by atoms with E-state index in [2.05, 4.69) is 5.16 Å². The fourth-order valence-corrected chi connectivity index (χ4v) is 7.07. The largest absolute Gasteiger partial charge is 0.481 e. The number of carboxylic acids is 1. The number of ketones is 1. The molecule has 8 heteroatoms. The summed E-state index contributed by atoms with van der Waals surface area (Å²) in [7, 11) is 0. The van der Waals surface area contributed by atoms with Crippen LogP contribution in [0.4, 0.5) is 4.39 Å². The summed E-state index contributed by atoms with van der Waals surface area (Å²) in [5.41, 5.74) is -5.27. The Labute approximate surface area is 174 Å². The van der Waals surface area contributed by atoms with Crippen molar-refractivity contribution in [3.8, 4) is 0 Å². The molecule has 0 spiro atoms. The molecule has 0 aliphatic heterocycles. The van der Waals surface area contributed by atoms with Crippen molar-refractivity contribution in [2.75, 3.05) is 0 Å². The number of allylic oxidation sites excluding steroid dienone is 4. The zero-order chi connectivity index (χ0) is 21.9. The Morgan fingerprint density at radius 2 is 2.10 bits per heavy atom. The van der Waals surface area contributed by atoms with Gasteiger partial charge in [0.1, 0.15) is 0 Å². The van der Waals surface area contributed by atoms with Crippen molar-refractivity contribution in [3.63, 3.8) is 0 Å². The van der Waals surface area contributed by atoms with Gasteiger partial charge in [0.15, 0.2) is 11.5 Å². The molecule has 4 aliphatic rings. The van der Waals surface area contributed by atoms with Gasteiger partial charge in [-0.15, -0.1) is 5.16 Å². The van der Waals surface area contributed by atoms with Gasteiger partial charge in [-0.1, -0.05) is 11.6 Å². The molecule has 0 aromatic carbocycles. The maximum absolute atomic E-state index is 16.9. The number of hydrogen-bond donors (Lipinski definition) is 4. The summed E-state index contributed by atoms with van der Waals surface area (Å²) >= 11 is 0. The third-order valence-electron chi connectivity index (χ3n) is 8.56. The van der Waals surface area contributed by atoms with Gasteiger partial charge in [0.25, 0.3) is 0 Å². The highest BCUT2D eigenvalue weighted by Crippen LogP contribution is 2.69. The van der Waals surface area contributed by atoms with E-state index < -0.39 is 46.0 Å². The molecule has 4 N–H and O–H groups in total. The second kappa shape index (κ2) is 6.72. The number of aliphatic hydroxyl groups is 2. The zero-order valence-corrected chi connectivity index (χ0v) is 16.9. The number of nitrogens with zero attached hydrogens (tertiary/aromatic N) is 1. The van der Waals surface area contributed by atoms with Gasteiger partial charge >= 0.3 is 5.97 Å². The van der Waals surface area contributed by atoms with Crippen LogP contribution in [0.2, 0.25) is 0 Å². The minimum Gasteiger partial charge on any atom is -0.481 e. The third kappa shape index (κ3) is 2.52.